The molecule has 2 bridgehead atoms. The number of nitrogens with one attached hydrogen (secondary N) is 1. The second-order valence-corrected chi connectivity index (χ2v) is 10.8. The number of halogens is 2. The number of aromatic nitrogens is 3. The van der Waals surface area contributed by atoms with Crippen LogP contribution in [0.2, 0.25) is 0 Å². The van der Waals surface area contributed by atoms with Gasteiger partial charge in [0.1, 0.15) is 29.5 Å². The normalized spacial score (nSPS) is 23.6. The summed E-state index contributed by atoms with van der Waals surface area (Å²) in [5.74, 6) is -0.273. The first-order chi connectivity index (χ1) is 18.5. The van der Waals surface area contributed by atoms with E-state index in [0.29, 0.717) is 40.8 Å². The van der Waals surface area contributed by atoms with Crippen molar-refractivity contribution < 1.29 is 13.5 Å². The van der Waals surface area contributed by atoms with E-state index in [1.807, 2.05) is 12.1 Å². The minimum Gasteiger partial charge on any atom is -0.462 e. The lowest BCUT2D eigenvalue weighted by atomic mass is 10.0. The summed E-state index contributed by atoms with van der Waals surface area (Å²) in [6, 6.07) is 11.2. The molecule has 2 aromatic carbocycles. The van der Waals surface area contributed by atoms with Crippen LogP contribution in [0.15, 0.2) is 42.6 Å². The summed E-state index contributed by atoms with van der Waals surface area (Å²) in [6.07, 6.45) is 6.08. The van der Waals surface area contributed by atoms with Gasteiger partial charge in [0.05, 0.1) is 5.39 Å². The monoisotopic (exact) mass is 516 g/mol. The molecule has 2 aromatic heterocycles. The van der Waals surface area contributed by atoms with Crippen LogP contribution in [-0.4, -0.2) is 71.3 Å². The molecule has 0 aliphatic carbocycles. The van der Waals surface area contributed by atoms with E-state index < -0.39 is 5.82 Å². The van der Waals surface area contributed by atoms with Gasteiger partial charge in [0, 0.05) is 43.0 Å². The maximum absolute atomic E-state index is 16.3. The van der Waals surface area contributed by atoms with Gasteiger partial charge in [0.15, 0.2) is 5.82 Å². The van der Waals surface area contributed by atoms with E-state index in [2.05, 4.69) is 32.1 Å². The van der Waals surface area contributed by atoms with Crippen molar-refractivity contribution in [2.75, 3.05) is 38.2 Å². The second kappa shape index (κ2) is 9.39. The lowest BCUT2D eigenvalue weighted by Crippen LogP contribution is -2.51. The average molecular weight is 517 g/mol. The quantitative estimate of drug-likeness (QED) is 0.418. The molecule has 0 radical (unpaired) electrons. The molecule has 4 aromatic rings. The van der Waals surface area contributed by atoms with Gasteiger partial charge in [-0.25, -0.2) is 8.78 Å². The van der Waals surface area contributed by atoms with Gasteiger partial charge >= 0.3 is 6.01 Å². The minimum atomic E-state index is -0.552. The van der Waals surface area contributed by atoms with E-state index in [-0.39, 0.29) is 29.1 Å². The Morgan fingerprint density at radius 1 is 1.03 bits per heavy atom. The number of hydrogen-bond donors (Lipinski definition) is 1. The average Bonchev–Trinajstić information content (AvgIpc) is 3.50. The Morgan fingerprint density at radius 3 is 2.66 bits per heavy atom. The number of hydrogen-bond acceptors (Lipinski definition) is 7. The van der Waals surface area contributed by atoms with E-state index in [9.17, 15) is 4.39 Å². The molecular formula is C29H30F2N6O. The van der Waals surface area contributed by atoms with Crippen LogP contribution in [0, 0.1) is 11.6 Å². The maximum Gasteiger partial charge on any atom is 0.319 e. The topological polar surface area (TPSA) is 66.4 Å². The van der Waals surface area contributed by atoms with Crippen LogP contribution in [0.3, 0.4) is 0 Å². The van der Waals surface area contributed by atoms with Gasteiger partial charge in [0.2, 0.25) is 0 Å². The predicted octanol–water partition coefficient (Wildman–Crippen LogP) is 4.54. The molecule has 3 saturated heterocycles. The van der Waals surface area contributed by atoms with E-state index in [1.54, 1.807) is 18.3 Å². The highest BCUT2D eigenvalue weighted by Gasteiger charge is 2.34. The molecule has 3 fully saturated rings. The fourth-order valence-electron chi connectivity index (χ4n) is 6.30. The summed E-state index contributed by atoms with van der Waals surface area (Å²) >= 11 is 0. The molecule has 1 unspecified atom stereocenters. The highest BCUT2D eigenvalue weighted by molar-refractivity contribution is 5.99. The lowest BCUT2D eigenvalue weighted by molar-refractivity contribution is 0.188. The highest BCUT2D eigenvalue weighted by Crippen LogP contribution is 2.36. The van der Waals surface area contributed by atoms with Crippen molar-refractivity contribution >= 4 is 27.5 Å². The third kappa shape index (κ3) is 4.14. The Labute approximate surface area is 219 Å². The zero-order valence-electron chi connectivity index (χ0n) is 21.3. The van der Waals surface area contributed by atoms with Crippen LogP contribution < -0.4 is 15.0 Å². The maximum atomic E-state index is 16.3. The molecule has 3 aliphatic heterocycles. The number of benzene rings is 2. The van der Waals surface area contributed by atoms with E-state index >= 15 is 4.39 Å². The summed E-state index contributed by atoms with van der Waals surface area (Å²) in [6.45, 7) is 3.08. The van der Waals surface area contributed by atoms with Crippen LogP contribution in [-0.2, 0) is 0 Å². The summed E-state index contributed by atoms with van der Waals surface area (Å²) in [5.41, 5.74) is 0.839. The molecule has 1 N–H and O–H groups in total. The first kappa shape index (κ1) is 23.7. The van der Waals surface area contributed by atoms with Gasteiger partial charge in [-0.2, -0.15) is 9.97 Å². The second-order valence-electron chi connectivity index (χ2n) is 10.8. The van der Waals surface area contributed by atoms with E-state index in [4.69, 9.17) is 9.72 Å². The third-order valence-corrected chi connectivity index (χ3v) is 8.34. The molecule has 5 heterocycles. The summed E-state index contributed by atoms with van der Waals surface area (Å²) in [5, 5.41) is 5.62. The molecule has 38 heavy (non-hydrogen) atoms. The first-order valence-corrected chi connectivity index (χ1v) is 13.4. The molecule has 0 saturated carbocycles. The molecule has 0 amide bonds. The summed E-state index contributed by atoms with van der Waals surface area (Å²) in [7, 11) is 2.09. The van der Waals surface area contributed by atoms with Crippen LogP contribution in [0.25, 0.3) is 32.9 Å². The number of ether oxygens (including phenoxy) is 1. The summed E-state index contributed by atoms with van der Waals surface area (Å²) < 4.78 is 36.6. The van der Waals surface area contributed by atoms with Crippen molar-refractivity contribution in [1.82, 2.24) is 25.2 Å². The first-order valence-electron chi connectivity index (χ1n) is 13.4. The minimum absolute atomic E-state index is 0.139. The number of nitrogens with zero attached hydrogens (tertiary/aromatic N) is 5. The Balaban J connectivity index is 1.35. The van der Waals surface area contributed by atoms with Crippen molar-refractivity contribution in [2.45, 2.75) is 43.8 Å². The van der Waals surface area contributed by atoms with E-state index in [1.165, 1.54) is 12.1 Å². The predicted molar refractivity (Wildman–Crippen MR) is 143 cm³/mol. The largest absolute Gasteiger partial charge is 0.462 e. The molecule has 9 heteroatoms. The Morgan fingerprint density at radius 2 is 1.87 bits per heavy atom. The highest BCUT2D eigenvalue weighted by atomic mass is 19.1. The zero-order valence-corrected chi connectivity index (χ0v) is 21.3. The molecule has 196 valence electrons. The Hall–Kier alpha value is -3.43. The third-order valence-electron chi connectivity index (χ3n) is 8.34. The van der Waals surface area contributed by atoms with Crippen molar-refractivity contribution in [3.63, 3.8) is 0 Å². The fraction of sp³-hybridized carbons (Fsp3) is 0.414. The van der Waals surface area contributed by atoms with Crippen LogP contribution in [0.1, 0.15) is 25.7 Å². The Kier molecular flexibility index (Phi) is 5.85. The van der Waals surface area contributed by atoms with Crippen molar-refractivity contribution in [3.8, 4) is 17.3 Å². The lowest BCUT2D eigenvalue weighted by Gasteiger charge is -2.34. The number of piperazine rings is 1. The van der Waals surface area contributed by atoms with Crippen molar-refractivity contribution in [1.29, 1.82) is 0 Å². The number of anilines is 1. The van der Waals surface area contributed by atoms with Gasteiger partial charge in [-0.3, -0.25) is 4.98 Å². The van der Waals surface area contributed by atoms with Crippen LogP contribution in [0.5, 0.6) is 6.01 Å². The van der Waals surface area contributed by atoms with Crippen LogP contribution >= 0.6 is 0 Å². The summed E-state index contributed by atoms with van der Waals surface area (Å²) in [4.78, 5) is 18.4. The molecule has 7 nitrogen and oxygen atoms in total. The number of likely N-dealkylation sites (N-methyl/N-ethyl adjacent to an activating group) is 1. The van der Waals surface area contributed by atoms with Gasteiger partial charge in [-0.1, -0.05) is 24.3 Å². The van der Waals surface area contributed by atoms with E-state index in [0.717, 1.165) is 50.7 Å². The van der Waals surface area contributed by atoms with Gasteiger partial charge in [-0.05, 0) is 62.2 Å². The smallest absolute Gasteiger partial charge is 0.319 e. The number of pyridine rings is 1. The van der Waals surface area contributed by atoms with Gasteiger partial charge in [0.25, 0.3) is 0 Å². The number of rotatable bonds is 5. The zero-order chi connectivity index (χ0) is 25.8. The molecule has 0 spiro atoms. The van der Waals surface area contributed by atoms with Crippen molar-refractivity contribution in [2.24, 2.45) is 0 Å². The van der Waals surface area contributed by atoms with Gasteiger partial charge in [-0.15, -0.1) is 0 Å². The molecular weight excluding hydrogens is 486 g/mol. The number of fused-ring (bicyclic) bond motifs is 4. The van der Waals surface area contributed by atoms with Crippen molar-refractivity contribution in [3.05, 3.63) is 54.2 Å². The number of likely N-dealkylation sites (tertiary alicyclic amines) is 1. The molecule has 3 atom stereocenters. The van der Waals surface area contributed by atoms with Gasteiger partial charge < -0.3 is 19.9 Å². The SMILES string of the molecule is CN1CCCC1COc1nc(N2C[C@H]3CC[C@@H](C2)N3)c2cnc(-c3cccc4ccc(F)cc34)c(F)c2n1. The fourth-order valence-corrected chi connectivity index (χ4v) is 6.30. The van der Waals surface area contributed by atoms with Crippen LogP contribution in [0.4, 0.5) is 14.6 Å². The molecule has 3 aliphatic rings. The Bertz CT molecular complexity index is 1520. The standard InChI is InChI=1S/C29H30F2N6O/c1-36-11-3-5-21(36)16-38-29-34-27-24(28(35-29)37-14-19-9-10-20(15-37)33-19)13-32-26(25(27)31)22-6-2-4-17-7-8-18(30)12-23(17)22/h2,4,6-8,12-13,19-21,33H,3,5,9-11,14-16H2,1H3/t19-,20+,21?. The molecule has 7 rings (SSSR count).